The van der Waals surface area contributed by atoms with E-state index in [1.165, 1.54) is 28.2 Å². The van der Waals surface area contributed by atoms with Gasteiger partial charge < -0.3 is 0 Å². The molecule has 21 heavy (non-hydrogen) atoms. The highest BCUT2D eigenvalue weighted by Gasteiger charge is 2.11. The molecule has 0 aliphatic carbocycles. The highest BCUT2D eigenvalue weighted by molar-refractivity contribution is 9.11. The fourth-order valence-electron chi connectivity index (χ4n) is 1.84. The number of aromatic nitrogens is 1. The summed E-state index contributed by atoms with van der Waals surface area (Å²) in [6.45, 7) is 0. The third kappa shape index (κ3) is 3.78. The van der Waals surface area contributed by atoms with E-state index in [4.69, 9.17) is 0 Å². The van der Waals surface area contributed by atoms with E-state index in [9.17, 15) is 4.79 Å². The average molecular weight is 379 g/mol. The molecule has 0 saturated heterocycles. The van der Waals surface area contributed by atoms with Gasteiger partial charge in [-0.25, -0.2) is 4.98 Å². The zero-order chi connectivity index (χ0) is 14.7. The first kappa shape index (κ1) is 14.4. The Bertz CT molecular complexity index is 752. The van der Waals surface area contributed by atoms with Crippen molar-refractivity contribution >= 4 is 49.6 Å². The third-order valence-corrected chi connectivity index (χ3v) is 5.33. The van der Waals surface area contributed by atoms with Gasteiger partial charge in [0, 0.05) is 17.5 Å². The Labute approximate surface area is 138 Å². The van der Waals surface area contributed by atoms with Crippen LogP contribution >= 0.6 is 38.6 Å². The molecule has 3 nitrogen and oxygen atoms in total. The van der Waals surface area contributed by atoms with Crippen molar-refractivity contribution in [2.24, 2.45) is 0 Å². The summed E-state index contributed by atoms with van der Waals surface area (Å²) in [5.41, 5.74) is 1.24. The first-order valence-electron chi connectivity index (χ1n) is 6.26. The number of nitrogens with zero attached hydrogens (tertiary/aromatic N) is 1. The Balaban J connectivity index is 1.66. The molecule has 0 radical (unpaired) electrons. The number of carbonyl (C=O) groups is 1. The number of thiophene rings is 1. The van der Waals surface area contributed by atoms with Crippen LogP contribution in [0.2, 0.25) is 0 Å². The van der Waals surface area contributed by atoms with Crippen molar-refractivity contribution in [1.82, 2.24) is 4.98 Å². The number of halogens is 1. The number of hydrogen-bond donors (Lipinski definition) is 1. The van der Waals surface area contributed by atoms with Crippen LogP contribution in [-0.4, -0.2) is 10.9 Å². The first-order valence-corrected chi connectivity index (χ1v) is 8.68. The SMILES string of the molecule is O=C(Nc1ncc(Cc2ccccc2)s1)c1ccc(Br)s1. The second-order valence-corrected chi connectivity index (χ2v) is 7.93. The summed E-state index contributed by atoms with van der Waals surface area (Å²) in [6, 6.07) is 13.9. The molecule has 0 saturated carbocycles. The molecule has 6 heteroatoms. The lowest BCUT2D eigenvalue weighted by Crippen LogP contribution is -2.09. The maximum absolute atomic E-state index is 12.0. The van der Waals surface area contributed by atoms with E-state index in [0.29, 0.717) is 10.0 Å². The van der Waals surface area contributed by atoms with Crippen LogP contribution in [-0.2, 0) is 6.42 Å². The van der Waals surface area contributed by atoms with Gasteiger partial charge in [-0.1, -0.05) is 30.3 Å². The Morgan fingerprint density at radius 1 is 1.14 bits per heavy atom. The minimum atomic E-state index is -0.119. The molecule has 0 atom stereocenters. The van der Waals surface area contributed by atoms with Gasteiger partial charge in [0.25, 0.3) is 5.91 Å². The van der Waals surface area contributed by atoms with Crippen molar-refractivity contribution < 1.29 is 4.79 Å². The Morgan fingerprint density at radius 3 is 2.67 bits per heavy atom. The molecule has 0 aliphatic rings. The van der Waals surface area contributed by atoms with Gasteiger partial charge in [-0.2, -0.15) is 0 Å². The van der Waals surface area contributed by atoms with E-state index in [1.807, 2.05) is 30.5 Å². The summed E-state index contributed by atoms with van der Waals surface area (Å²) in [5.74, 6) is -0.119. The topological polar surface area (TPSA) is 42.0 Å². The standard InChI is InChI=1S/C15H11BrN2OS2/c16-13-7-6-12(21-13)14(19)18-15-17-9-11(20-15)8-10-4-2-1-3-5-10/h1-7,9H,8H2,(H,17,18,19). The molecular formula is C15H11BrN2OS2. The summed E-state index contributed by atoms with van der Waals surface area (Å²) < 4.78 is 0.941. The van der Waals surface area contributed by atoms with Gasteiger partial charge >= 0.3 is 0 Å². The zero-order valence-electron chi connectivity index (χ0n) is 10.9. The molecule has 0 aliphatic heterocycles. The highest BCUT2D eigenvalue weighted by atomic mass is 79.9. The van der Waals surface area contributed by atoms with Crippen molar-refractivity contribution in [3.63, 3.8) is 0 Å². The average Bonchev–Trinajstić information content (AvgIpc) is 3.09. The van der Waals surface area contributed by atoms with Crippen molar-refractivity contribution in [2.75, 3.05) is 5.32 Å². The predicted octanol–water partition coefficient (Wildman–Crippen LogP) is 4.81. The summed E-state index contributed by atoms with van der Waals surface area (Å²) in [6.07, 6.45) is 2.65. The monoisotopic (exact) mass is 378 g/mol. The van der Waals surface area contributed by atoms with Gasteiger partial charge in [0.1, 0.15) is 0 Å². The predicted molar refractivity (Wildman–Crippen MR) is 91.3 cm³/mol. The minimum absolute atomic E-state index is 0.119. The summed E-state index contributed by atoms with van der Waals surface area (Å²) in [4.78, 5) is 18.1. The van der Waals surface area contributed by atoms with Gasteiger partial charge in [-0.3, -0.25) is 10.1 Å². The fraction of sp³-hybridized carbons (Fsp3) is 0.0667. The van der Waals surface area contributed by atoms with Crippen molar-refractivity contribution in [3.8, 4) is 0 Å². The number of carbonyl (C=O) groups excluding carboxylic acids is 1. The van der Waals surface area contributed by atoms with E-state index < -0.39 is 0 Å². The van der Waals surface area contributed by atoms with Crippen LogP contribution in [0.1, 0.15) is 20.1 Å². The van der Waals surface area contributed by atoms with Gasteiger partial charge in [0.2, 0.25) is 0 Å². The van der Waals surface area contributed by atoms with Crippen LogP contribution in [0.25, 0.3) is 0 Å². The number of amides is 1. The van der Waals surface area contributed by atoms with Gasteiger partial charge in [0.05, 0.1) is 8.66 Å². The molecule has 3 aromatic rings. The van der Waals surface area contributed by atoms with Crippen LogP contribution in [0.15, 0.2) is 52.4 Å². The number of anilines is 1. The molecule has 2 heterocycles. The molecule has 1 amide bonds. The van der Waals surface area contributed by atoms with Crippen LogP contribution in [0, 0.1) is 0 Å². The third-order valence-electron chi connectivity index (χ3n) is 2.79. The van der Waals surface area contributed by atoms with Crippen LogP contribution in [0.4, 0.5) is 5.13 Å². The summed E-state index contributed by atoms with van der Waals surface area (Å²) in [7, 11) is 0. The van der Waals surface area contributed by atoms with E-state index in [1.54, 1.807) is 6.07 Å². The second kappa shape index (κ2) is 6.51. The molecule has 0 fully saturated rings. The smallest absolute Gasteiger partial charge is 0.267 e. The van der Waals surface area contributed by atoms with E-state index in [-0.39, 0.29) is 5.91 Å². The second-order valence-electron chi connectivity index (χ2n) is 4.35. The molecule has 3 rings (SSSR count). The fourth-order valence-corrected chi connectivity index (χ4v) is 3.96. The number of thiazole rings is 1. The molecule has 2 aromatic heterocycles. The maximum Gasteiger partial charge on any atom is 0.267 e. The van der Waals surface area contributed by atoms with E-state index in [0.717, 1.165) is 15.1 Å². The molecule has 0 unspecified atom stereocenters. The Kier molecular flexibility index (Phi) is 4.48. The minimum Gasteiger partial charge on any atom is -0.297 e. The number of rotatable bonds is 4. The zero-order valence-corrected chi connectivity index (χ0v) is 14.1. The number of hydrogen-bond acceptors (Lipinski definition) is 4. The molecule has 0 spiro atoms. The van der Waals surface area contributed by atoms with Crippen LogP contribution in [0.3, 0.4) is 0 Å². The van der Waals surface area contributed by atoms with Gasteiger partial charge in [-0.05, 0) is 33.6 Å². The van der Waals surface area contributed by atoms with Crippen molar-refractivity contribution in [3.05, 3.63) is 67.8 Å². The summed E-state index contributed by atoms with van der Waals surface area (Å²) >= 11 is 6.27. The lowest BCUT2D eigenvalue weighted by molar-refractivity contribution is 0.103. The molecule has 0 bridgehead atoms. The molecular weight excluding hydrogens is 368 g/mol. The summed E-state index contributed by atoms with van der Waals surface area (Å²) in [5, 5.41) is 3.47. The lowest BCUT2D eigenvalue weighted by atomic mass is 10.1. The number of nitrogens with one attached hydrogen (secondary N) is 1. The van der Waals surface area contributed by atoms with E-state index in [2.05, 4.69) is 38.4 Å². The van der Waals surface area contributed by atoms with Crippen LogP contribution < -0.4 is 5.32 Å². The normalized spacial score (nSPS) is 10.5. The first-order chi connectivity index (χ1) is 10.2. The Hall–Kier alpha value is -1.50. The van der Waals surface area contributed by atoms with Crippen LogP contribution in [0.5, 0.6) is 0 Å². The largest absolute Gasteiger partial charge is 0.297 e. The molecule has 1 aromatic carbocycles. The van der Waals surface area contributed by atoms with Crippen molar-refractivity contribution in [2.45, 2.75) is 6.42 Å². The van der Waals surface area contributed by atoms with Gasteiger partial charge in [-0.15, -0.1) is 22.7 Å². The van der Waals surface area contributed by atoms with E-state index >= 15 is 0 Å². The lowest BCUT2D eigenvalue weighted by Gasteiger charge is -1.98. The highest BCUT2D eigenvalue weighted by Crippen LogP contribution is 2.25. The Morgan fingerprint density at radius 2 is 1.95 bits per heavy atom. The van der Waals surface area contributed by atoms with Crippen molar-refractivity contribution in [1.29, 1.82) is 0 Å². The van der Waals surface area contributed by atoms with Gasteiger partial charge in [0.15, 0.2) is 5.13 Å². The molecule has 106 valence electrons. The molecule has 1 N–H and O–H groups in total. The maximum atomic E-state index is 12.0. The number of benzene rings is 1. The quantitative estimate of drug-likeness (QED) is 0.707.